The standard InChI is InChI=1S/C10H8F3NO4/c1-18-8(16)5-2-3-7(15)6(4-5)14-9(17)10(11,12)13/h2-4,15H,1H3,(H,14,17). The average molecular weight is 263 g/mol. The maximum absolute atomic E-state index is 12.0. The smallest absolute Gasteiger partial charge is 0.471 e. The first-order chi connectivity index (χ1) is 8.25. The fourth-order valence-electron chi connectivity index (χ4n) is 1.07. The maximum Gasteiger partial charge on any atom is 0.471 e. The van der Waals surface area contributed by atoms with E-state index in [9.17, 15) is 27.9 Å². The Bertz CT molecular complexity index is 485. The van der Waals surface area contributed by atoms with Crippen LogP contribution in [0.2, 0.25) is 0 Å². The van der Waals surface area contributed by atoms with Crippen LogP contribution in [0.3, 0.4) is 0 Å². The van der Waals surface area contributed by atoms with Gasteiger partial charge < -0.3 is 15.2 Å². The predicted octanol–water partition coefficient (Wildman–Crippen LogP) is 1.68. The van der Waals surface area contributed by atoms with E-state index in [4.69, 9.17) is 0 Å². The molecule has 8 heteroatoms. The number of benzene rings is 1. The lowest BCUT2D eigenvalue weighted by atomic mass is 10.2. The number of rotatable bonds is 2. The molecule has 98 valence electrons. The van der Waals surface area contributed by atoms with Gasteiger partial charge in [-0.3, -0.25) is 4.79 Å². The summed E-state index contributed by atoms with van der Waals surface area (Å²) in [5.74, 6) is -3.66. The molecule has 1 amide bonds. The van der Waals surface area contributed by atoms with Gasteiger partial charge in [0.1, 0.15) is 5.75 Å². The van der Waals surface area contributed by atoms with Crippen LogP contribution in [0.5, 0.6) is 5.75 Å². The normalized spacial score (nSPS) is 10.9. The van der Waals surface area contributed by atoms with Gasteiger partial charge in [-0.15, -0.1) is 0 Å². The highest BCUT2D eigenvalue weighted by Gasteiger charge is 2.39. The van der Waals surface area contributed by atoms with Crippen molar-refractivity contribution in [1.82, 2.24) is 0 Å². The first-order valence-electron chi connectivity index (χ1n) is 4.55. The largest absolute Gasteiger partial charge is 0.506 e. The molecule has 0 aliphatic carbocycles. The van der Waals surface area contributed by atoms with Gasteiger partial charge in [0.05, 0.1) is 18.4 Å². The Balaban J connectivity index is 3.02. The zero-order valence-corrected chi connectivity index (χ0v) is 9.04. The van der Waals surface area contributed by atoms with Crippen molar-refractivity contribution in [2.24, 2.45) is 0 Å². The number of ether oxygens (including phenoxy) is 1. The summed E-state index contributed by atoms with van der Waals surface area (Å²) in [7, 11) is 1.09. The summed E-state index contributed by atoms with van der Waals surface area (Å²) in [6, 6.07) is 2.99. The molecule has 1 rings (SSSR count). The number of esters is 1. The number of methoxy groups -OCH3 is 1. The van der Waals surface area contributed by atoms with Crippen molar-refractivity contribution in [3.63, 3.8) is 0 Å². The van der Waals surface area contributed by atoms with E-state index in [2.05, 4.69) is 4.74 Å². The lowest BCUT2D eigenvalue weighted by molar-refractivity contribution is -0.167. The molecule has 0 spiro atoms. The third-order valence-corrected chi connectivity index (χ3v) is 1.92. The number of nitrogens with one attached hydrogen (secondary N) is 1. The summed E-state index contributed by atoms with van der Waals surface area (Å²) in [6.45, 7) is 0. The summed E-state index contributed by atoms with van der Waals surface area (Å²) in [5.41, 5.74) is -0.631. The molecule has 0 bridgehead atoms. The lowest BCUT2D eigenvalue weighted by Crippen LogP contribution is -2.30. The SMILES string of the molecule is COC(=O)c1ccc(O)c(NC(=O)C(F)(F)F)c1. The number of phenolic OH excluding ortho intramolecular Hbond substituents is 1. The van der Waals surface area contributed by atoms with Gasteiger partial charge in [0.15, 0.2) is 0 Å². The van der Waals surface area contributed by atoms with Crippen LogP contribution in [0.25, 0.3) is 0 Å². The molecule has 0 unspecified atom stereocenters. The summed E-state index contributed by atoms with van der Waals surface area (Å²) in [4.78, 5) is 21.8. The third-order valence-electron chi connectivity index (χ3n) is 1.92. The molecule has 0 aromatic heterocycles. The first kappa shape index (κ1) is 13.8. The lowest BCUT2D eigenvalue weighted by Gasteiger charge is -2.10. The van der Waals surface area contributed by atoms with E-state index < -0.39 is 29.5 Å². The molecule has 0 saturated heterocycles. The van der Waals surface area contributed by atoms with E-state index in [-0.39, 0.29) is 5.56 Å². The quantitative estimate of drug-likeness (QED) is 0.628. The van der Waals surface area contributed by atoms with Crippen molar-refractivity contribution >= 4 is 17.6 Å². The van der Waals surface area contributed by atoms with Crippen molar-refractivity contribution in [3.05, 3.63) is 23.8 Å². The number of halogens is 3. The van der Waals surface area contributed by atoms with E-state index >= 15 is 0 Å². The Morgan fingerprint density at radius 1 is 1.33 bits per heavy atom. The molecule has 1 aromatic rings. The summed E-state index contributed by atoms with van der Waals surface area (Å²) >= 11 is 0. The molecule has 1 aromatic carbocycles. The molecule has 5 nitrogen and oxygen atoms in total. The van der Waals surface area contributed by atoms with Gasteiger partial charge in [-0.1, -0.05) is 0 Å². The van der Waals surface area contributed by atoms with Gasteiger partial charge >= 0.3 is 18.1 Å². The summed E-state index contributed by atoms with van der Waals surface area (Å²) < 4.78 is 40.4. The second-order valence-electron chi connectivity index (χ2n) is 3.18. The van der Waals surface area contributed by atoms with Crippen molar-refractivity contribution in [2.45, 2.75) is 6.18 Å². The second kappa shape index (κ2) is 4.94. The molecule has 0 aliphatic rings. The Morgan fingerprint density at radius 2 is 1.94 bits per heavy atom. The van der Waals surface area contributed by atoms with E-state index in [1.807, 2.05) is 0 Å². The third kappa shape index (κ3) is 3.12. The number of amides is 1. The molecule has 2 N–H and O–H groups in total. The van der Waals surface area contributed by atoms with E-state index in [1.165, 1.54) is 5.32 Å². The summed E-state index contributed by atoms with van der Waals surface area (Å²) in [5, 5.41) is 10.7. The zero-order chi connectivity index (χ0) is 13.9. The Morgan fingerprint density at radius 3 is 2.44 bits per heavy atom. The zero-order valence-electron chi connectivity index (χ0n) is 9.04. The van der Waals surface area contributed by atoms with Crippen LogP contribution >= 0.6 is 0 Å². The molecule has 0 fully saturated rings. The van der Waals surface area contributed by atoms with Crippen LogP contribution in [0.1, 0.15) is 10.4 Å². The van der Waals surface area contributed by atoms with Crippen molar-refractivity contribution in [1.29, 1.82) is 0 Å². The maximum atomic E-state index is 12.0. The average Bonchev–Trinajstić information content (AvgIpc) is 2.29. The van der Waals surface area contributed by atoms with E-state index in [0.29, 0.717) is 0 Å². The number of phenols is 1. The van der Waals surface area contributed by atoms with Crippen molar-refractivity contribution in [3.8, 4) is 5.75 Å². The molecule has 0 aliphatic heterocycles. The van der Waals surface area contributed by atoms with Crippen LogP contribution in [-0.2, 0) is 9.53 Å². The van der Waals surface area contributed by atoms with Gasteiger partial charge in [0.2, 0.25) is 0 Å². The topological polar surface area (TPSA) is 75.6 Å². The van der Waals surface area contributed by atoms with Gasteiger partial charge in [-0.05, 0) is 18.2 Å². The van der Waals surface area contributed by atoms with Crippen LogP contribution in [0.4, 0.5) is 18.9 Å². The minimum atomic E-state index is -5.09. The number of aromatic hydroxyl groups is 1. The Hall–Kier alpha value is -2.25. The van der Waals surface area contributed by atoms with Crippen LogP contribution in [-0.4, -0.2) is 30.3 Å². The molecular weight excluding hydrogens is 255 g/mol. The van der Waals surface area contributed by atoms with Crippen LogP contribution in [0.15, 0.2) is 18.2 Å². The number of carbonyl (C=O) groups is 2. The Kier molecular flexibility index (Phi) is 3.79. The fourth-order valence-corrected chi connectivity index (χ4v) is 1.07. The summed E-state index contributed by atoms with van der Waals surface area (Å²) in [6.07, 6.45) is -5.09. The molecular formula is C10H8F3NO4. The second-order valence-corrected chi connectivity index (χ2v) is 3.18. The van der Waals surface area contributed by atoms with Gasteiger partial charge in [-0.25, -0.2) is 4.79 Å². The number of alkyl halides is 3. The molecule has 0 atom stereocenters. The van der Waals surface area contributed by atoms with Crippen LogP contribution < -0.4 is 5.32 Å². The minimum Gasteiger partial charge on any atom is -0.506 e. The van der Waals surface area contributed by atoms with Crippen molar-refractivity contribution < 1.29 is 32.6 Å². The van der Waals surface area contributed by atoms with Crippen LogP contribution in [0, 0.1) is 0 Å². The van der Waals surface area contributed by atoms with Gasteiger partial charge in [0, 0.05) is 0 Å². The fraction of sp³-hybridized carbons (Fsp3) is 0.200. The van der Waals surface area contributed by atoms with Gasteiger partial charge in [-0.2, -0.15) is 13.2 Å². The van der Waals surface area contributed by atoms with E-state index in [1.54, 1.807) is 0 Å². The first-order valence-corrected chi connectivity index (χ1v) is 4.55. The number of carbonyl (C=O) groups excluding carboxylic acids is 2. The predicted molar refractivity (Wildman–Crippen MR) is 54.1 cm³/mol. The molecule has 0 heterocycles. The molecule has 0 saturated carbocycles. The highest BCUT2D eigenvalue weighted by atomic mass is 19.4. The number of hydrogen-bond acceptors (Lipinski definition) is 4. The molecule has 18 heavy (non-hydrogen) atoms. The highest BCUT2D eigenvalue weighted by Crippen LogP contribution is 2.26. The Labute approximate surface area is 99.2 Å². The minimum absolute atomic E-state index is 0.104. The van der Waals surface area contributed by atoms with E-state index in [0.717, 1.165) is 25.3 Å². The molecule has 0 radical (unpaired) electrons. The van der Waals surface area contributed by atoms with Crippen molar-refractivity contribution in [2.75, 3.05) is 12.4 Å². The monoisotopic (exact) mass is 263 g/mol. The number of hydrogen-bond donors (Lipinski definition) is 2. The number of anilines is 1. The van der Waals surface area contributed by atoms with Gasteiger partial charge in [0.25, 0.3) is 0 Å². The highest BCUT2D eigenvalue weighted by molar-refractivity contribution is 5.98.